The zero-order valence-electron chi connectivity index (χ0n) is 12.1. The average molecular weight is 314 g/mol. The first-order valence-electron chi connectivity index (χ1n) is 6.70. The smallest absolute Gasteiger partial charge is 0.358 e. The second kappa shape index (κ2) is 6.07. The fourth-order valence-corrected chi connectivity index (χ4v) is 2.87. The Bertz CT molecular complexity index is 804. The van der Waals surface area contributed by atoms with Crippen molar-refractivity contribution in [2.24, 2.45) is 0 Å². The van der Waals surface area contributed by atoms with Gasteiger partial charge in [-0.1, -0.05) is 6.07 Å². The first kappa shape index (κ1) is 14.4. The number of esters is 1. The van der Waals surface area contributed by atoms with Crippen LogP contribution in [0.5, 0.6) is 0 Å². The highest BCUT2D eigenvalue weighted by molar-refractivity contribution is 7.17. The predicted octanol–water partition coefficient (Wildman–Crippen LogP) is 3.05. The first-order valence-corrected chi connectivity index (χ1v) is 7.58. The fraction of sp³-hybridized carbons (Fsp3) is 0.200. The number of methoxy groups -OCH3 is 1. The largest absolute Gasteiger partial charge is 0.464 e. The summed E-state index contributed by atoms with van der Waals surface area (Å²) in [4.78, 5) is 24.9. The second-order valence-electron chi connectivity index (χ2n) is 4.64. The van der Waals surface area contributed by atoms with Crippen LogP contribution in [0.15, 0.2) is 35.8 Å². The van der Waals surface area contributed by atoms with Crippen molar-refractivity contribution in [3.8, 4) is 0 Å². The Morgan fingerprint density at radius 2 is 2.18 bits per heavy atom. The molecule has 0 fully saturated rings. The van der Waals surface area contributed by atoms with E-state index in [0.717, 1.165) is 15.9 Å². The second-order valence-corrected chi connectivity index (χ2v) is 5.56. The zero-order chi connectivity index (χ0) is 15.5. The SMILES string of the molecule is COC(=O)c1nc(N[C@@H](C)c2ccccn2)nc2ccsc12. The molecule has 1 N–H and O–H groups in total. The highest BCUT2D eigenvalue weighted by Crippen LogP contribution is 2.25. The Morgan fingerprint density at radius 3 is 2.91 bits per heavy atom. The van der Waals surface area contributed by atoms with E-state index < -0.39 is 5.97 Å². The van der Waals surface area contributed by atoms with E-state index in [0.29, 0.717) is 5.95 Å². The van der Waals surface area contributed by atoms with Crippen LogP contribution in [0.2, 0.25) is 0 Å². The lowest BCUT2D eigenvalue weighted by Crippen LogP contribution is -2.13. The summed E-state index contributed by atoms with van der Waals surface area (Å²) in [6.07, 6.45) is 1.73. The van der Waals surface area contributed by atoms with Crippen LogP contribution in [0, 0.1) is 0 Å². The van der Waals surface area contributed by atoms with Gasteiger partial charge in [-0.25, -0.2) is 14.8 Å². The molecule has 7 heteroatoms. The van der Waals surface area contributed by atoms with Gasteiger partial charge in [0, 0.05) is 6.20 Å². The van der Waals surface area contributed by atoms with Gasteiger partial charge < -0.3 is 10.1 Å². The minimum absolute atomic E-state index is 0.0808. The number of anilines is 1. The molecule has 0 saturated heterocycles. The van der Waals surface area contributed by atoms with Crippen LogP contribution in [0.3, 0.4) is 0 Å². The summed E-state index contributed by atoms with van der Waals surface area (Å²) in [5, 5.41) is 5.04. The molecule has 3 heterocycles. The topological polar surface area (TPSA) is 77.0 Å². The molecule has 6 nitrogen and oxygen atoms in total. The molecular formula is C15H14N4O2S. The Hall–Kier alpha value is -2.54. The molecule has 3 aromatic rings. The maximum absolute atomic E-state index is 11.9. The van der Waals surface area contributed by atoms with Gasteiger partial charge in [-0.2, -0.15) is 0 Å². The molecule has 22 heavy (non-hydrogen) atoms. The van der Waals surface area contributed by atoms with Crippen molar-refractivity contribution >= 4 is 33.5 Å². The molecule has 0 unspecified atom stereocenters. The third kappa shape index (κ3) is 2.75. The molecule has 0 aliphatic carbocycles. The number of nitrogens with zero attached hydrogens (tertiary/aromatic N) is 3. The van der Waals surface area contributed by atoms with Gasteiger partial charge in [0.2, 0.25) is 5.95 Å². The van der Waals surface area contributed by atoms with E-state index in [1.807, 2.05) is 36.6 Å². The molecule has 0 aromatic carbocycles. The Morgan fingerprint density at radius 1 is 1.32 bits per heavy atom. The van der Waals surface area contributed by atoms with Gasteiger partial charge in [0.15, 0.2) is 5.69 Å². The summed E-state index contributed by atoms with van der Waals surface area (Å²) in [6, 6.07) is 7.47. The lowest BCUT2D eigenvalue weighted by atomic mass is 10.2. The van der Waals surface area contributed by atoms with Crippen molar-refractivity contribution < 1.29 is 9.53 Å². The van der Waals surface area contributed by atoms with E-state index in [9.17, 15) is 4.79 Å². The molecule has 0 radical (unpaired) electrons. The van der Waals surface area contributed by atoms with Crippen molar-refractivity contribution in [1.29, 1.82) is 0 Å². The van der Waals surface area contributed by atoms with Gasteiger partial charge in [0.05, 0.1) is 29.1 Å². The molecular weight excluding hydrogens is 300 g/mol. The van der Waals surface area contributed by atoms with Gasteiger partial charge in [-0.3, -0.25) is 4.98 Å². The summed E-state index contributed by atoms with van der Waals surface area (Å²) in [5.41, 5.74) is 1.87. The van der Waals surface area contributed by atoms with E-state index in [1.54, 1.807) is 6.20 Å². The fourth-order valence-electron chi connectivity index (χ4n) is 2.06. The number of pyridine rings is 1. The number of fused-ring (bicyclic) bond motifs is 1. The van der Waals surface area contributed by atoms with Crippen molar-refractivity contribution in [3.63, 3.8) is 0 Å². The standard InChI is InChI=1S/C15H14N4O2S/c1-9(10-5-3-4-7-16-10)17-15-18-11-6-8-22-13(11)12(19-15)14(20)21-2/h3-9H,1-2H3,(H,17,18,19)/t9-/m0/s1. The molecule has 3 rings (SSSR count). The Balaban J connectivity index is 1.95. The highest BCUT2D eigenvalue weighted by atomic mass is 32.1. The molecule has 0 saturated carbocycles. The number of hydrogen-bond donors (Lipinski definition) is 1. The number of ether oxygens (including phenoxy) is 1. The third-order valence-corrected chi connectivity index (χ3v) is 4.07. The molecule has 1 atom stereocenters. The van der Waals surface area contributed by atoms with E-state index in [1.165, 1.54) is 18.4 Å². The minimum Gasteiger partial charge on any atom is -0.464 e. The van der Waals surface area contributed by atoms with Gasteiger partial charge in [0.1, 0.15) is 0 Å². The van der Waals surface area contributed by atoms with Crippen molar-refractivity contribution in [1.82, 2.24) is 15.0 Å². The van der Waals surface area contributed by atoms with Gasteiger partial charge in [-0.05, 0) is 30.5 Å². The molecule has 0 aliphatic heterocycles. The van der Waals surface area contributed by atoms with Crippen LogP contribution in [-0.2, 0) is 4.74 Å². The van der Waals surface area contributed by atoms with Crippen molar-refractivity contribution in [2.45, 2.75) is 13.0 Å². The molecule has 0 spiro atoms. The Labute approximate surface area is 131 Å². The van der Waals surface area contributed by atoms with E-state index in [2.05, 4.69) is 20.3 Å². The van der Waals surface area contributed by atoms with Crippen LogP contribution in [0.1, 0.15) is 29.1 Å². The summed E-state index contributed by atoms with van der Waals surface area (Å²) < 4.78 is 5.52. The van der Waals surface area contributed by atoms with E-state index in [-0.39, 0.29) is 11.7 Å². The van der Waals surface area contributed by atoms with E-state index in [4.69, 9.17) is 4.74 Å². The van der Waals surface area contributed by atoms with Crippen LogP contribution >= 0.6 is 11.3 Å². The number of carbonyl (C=O) groups is 1. The van der Waals surface area contributed by atoms with Gasteiger partial charge >= 0.3 is 5.97 Å². The third-order valence-electron chi connectivity index (χ3n) is 3.16. The van der Waals surface area contributed by atoms with Gasteiger partial charge in [0.25, 0.3) is 0 Å². The number of nitrogens with one attached hydrogen (secondary N) is 1. The lowest BCUT2D eigenvalue weighted by molar-refractivity contribution is 0.0597. The predicted molar refractivity (Wildman–Crippen MR) is 85.0 cm³/mol. The van der Waals surface area contributed by atoms with Crippen LogP contribution in [0.4, 0.5) is 5.95 Å². The number of aromatic nitrogens is 3. The molecule has 112 valence electrons. The van der Waals surface area contributed by atoms with Crippen LogP contribution in [-0.4, -0.2) is 28.0 Å². The first-order chi connectivity index (χ1) is 10.7. The number of carbonyl (C=O) groups excluding carboxylic acids is 1. The van der Waals surface area contributed by atoms with Crippen LogP contribution in [0.25, 0.3) is 10.2 Å². The number of thiophene rings is 1. The van der Waals surface area contributed by atoms with Crippen molar-refractivity contribution in [2.75, 3.05) is 12.4 Å². The summed E-state index contributed by atoms with van der Waals surface area (Å²) in [7, 11) is 1.34. The highest BCUT2D eigenvalue weighted by Gasteiger charge is 2.17. The Kier molecular flexibility index (Phi) is 3.97. The summed E-state index contributed by atoms with van der Waals surface area (Å²) >= 11 is 1.42. The number of hydrogen-bond acceptors (Lipinski definition) is 7. The normalized spacial score (nSPS) is 12.1. The summed E-state index contributed by atoms with van der Waals surface area (Å²) in [5.74, 6) is -0.0900. The molecule has 0 amide bonds. The van der Waals surface area contributed by atoms with Gasteiger partial charge in [-0.15, -0.1) is 11.3 Å². The molecule has 3 aromatic heterocycles. The average Bonchev–Trinajstić information content (AvgIpc) is 3.02. The molecule has 0 aliphatic rings. The molecule has 0 bridgehead atoms. The lowest BCUT2D eigenvalue weighted by Gasteiger charge is -2.13. The maximum Gasteiger partial charge on any atom is 0.358 e. The monoisotopic (exact) mass is 314 g/mol. The number of rotatable bonds is 4. The minimum atomic E-state index is -0.469. The quantitative estimate of drug-likeness (QED) is 0.746. The maximum atomic E-state index is 11.9. The van der Waals surface area contributed by atoms with Crippen LogP contribution < -0.4 is 5.32 Å². The van der Waals surface area contributed by atoms with Crippen molar-refractivity contribution in [3.05, 3.63) is 47.2 Å². The van der Waals surface area contributed by atoms with E-state index >= 15 is 0 Å². The summed E-state index contributed by atoms with van der Waals surface area (Å²) in [6.45, 7) is 1.96. The zero-order valence-corrected chi connectivity index (χ0v) is 12.9.